The van der Waals surface area contributed by atoms with Crippen LogP contribution in [0, 0.1) is 13.8 Å². The number of nitrogens with zero attached hydrogens (tertiary/aromatic N) is 1. The van der Waals surface area contributed by atoms with Crippen LogP contribution in [0.4, 0.5) is 5.69 Å². The van der Waals surface area contributed by atoms with Crippen LogP contribution in [0.1, 0.15) is 34.0 Å². The number of anilines is 1. The Bertz CT molecular complexity index is 1250. The summed E-state index contributed by atoms with van der Waals surface area (Å²) in [4.78, 5) is 18.3. The minimum absolute atomic E-state index is 0.119. The number of fused-ring (bicyclic) bond motifs is 1. The van der Waals surface area contributed by atoms with Gasteiger partial charge < -0.3 is 5.32 Å². The summed E-state index contributed by atoms with van der Waals surface area (Å²) >= 11 is 3.48. The first-order chi connectivity index (χ1) is 14.5. The predicted octanol–water partition coefficient (Wildman–Crippen LogP) is 7.10. The van der Waals surface area contributed by atoms with E-state index >= 15 is 0 Å². The number of halogens is 1. The van der Waals surface area contributed by atoms with E-state index < -0.39 is 0 Å². The number of aryl methyl sites for hydroxylation is 3. The van der Waals surface area contributed by atoms with E-state index in [-0.39, 0.29) is 5.91 Å². The van der Waals surface area contributed by atoms with Crippen LogP contribution in [0.2, 0.25) is 0 Å². The summed E-state index contributed by atoms with van der Waals surface area (Å²) in [6, 6.07) is 22.0. The van der Waals surface area contributed by atoms with E-state index in [1.807, 2.05) is 74.5 Å². The first kappa shape index (κ1) is 20.3. The summed E-state index contributed by atoms with van der Waals surface area (Å²) in [5.41, 5.74) is 7.40. The molecule has 30 heavy (non-hydrogen) atoms. The predicted molar refractivity (Wildman–Crippen MR) is 128 cm³/mol. The summed E-state index contributed by atoms with van der Waals surface area (Å²) in [5, 5.41) is 4.00. The van der Waals surface area contributed by atoms with Gasteiger partial charge in [-0.25, -0.2) is 4.98 Å². The van der Waals surface area contributed by atoms with Crippen LogP contribution in [0.5, 0.6) is 0 Å². The van der Waals surface area contributed by atoms with Crippen LogP contribution < -0.4 is 5.32 Å². The maximum atomic E-state index is 13.4. The zero-order valence-corrected chi connectivity index (χ0v) is 18.9. The third kappa shape index (κ3) is 4.01. The van der Waals surface area contributed by atoms with Gasteiger partial charge in [-0.2, -0.15) is 0 Å². The fourth-order valence-corrected chi connectivity index (χ4v) is 4.04. The number of hydrogen-bond acceptors (Lipinski definition) is 2. The Labute approximate surface area is 185 Å². The largest absolute Gasteiger partial charge is 0.322 e. The number of carbonyl (C=O) groups is 1. The lowest BCUT2D eigenvalue weighted by molar-refractivity contribution is 0.102. The van der Waals surface area contributed by atoms with Gasteiger partial charge >= 0.3 is 0 Å². The van der Waals surface area contributed by atoms with Crippen LogP contribution >= 0.6 is 15.9 Å². The molecule has 4 rings (SSSR count). The minimum Gasteiger partial charge on any atom is -0.322 e. The van der Waals surface area contributed by atoms with Crippen molar-refractivity contribution in [1.29, 1.82) is 0 Å². The molecule has 0 aliphatic carbocycles. The van der Waals surface area contributed by atoms with Crippen molar-refractivity contribution in [2.75, 3.05) is 5.32 Å². The Morgan fingerprint density at radius 2 is 1.73 bits per heavy atom. The molecule has 0 aliphatic rings. The van der Waals surface area contributed by atoms with E-state index in [0.29, 0.717) is 5.56 Å². The Kier molecular flexibility index (Phi) is 5.69. The second-order valence-corrected chi connectivity index (χ2v) is 8.42. The molecule has 1 heterocycles. The van der Waals surface area contributed by atoms with Crippen molar-refractivity contribution in [3.8, 4) is 11.3 Å². The van der Waals surface area contributed by atoms with Crippen LogP contribution in [0.25, 0.3) is 22.2 Å². The van der Waals surface area contributed by atoms with Gasteiger partial charge in [0.1, 0.15) is 0 Å². The van der Waals surface area contributed by atoms with Crippen molar-refractivity contribution in [1.82, 2.24) is 4.98 Å². The van der Waals surface area contributed by atoms with E-state index in [2.05, 4.69) is 34.2 Å². The zero-order chi connectivity index (χ0) is 21.3. The number of amides is 1. The Morgan fingerprint density at radius 1 is 1.00 bits per heavy atom. The van der Waals surface area contributed by atoms with Gasteiger partial charge in [0.2, 0.25) is 0 Å². The number of rotatable bonds is 4. The van der Waals surface area contributed by atoms with Gasteiger partial charge in [0.15, 0.2) is 0 Å². The number of hydrogen-bond donors (Lipinski definition) is 1. The molecule has 3 nitrogen and oxygen atoms in total. The molecule has 3 aromatic carbocycles. The lowest BCUT2D eigenvalue weighted by atomic mass is 9.99. The molecule has 0 bridgehead atoms. The number of carbonyl (C=O) groups excluding carboxylic acids is 1. The fraction of sp³-hybridized carbons (Fsp3) is 0.154. The smallest absolute Gasteiger partial charge is 0.256 e. The van der Waals surface area contributed by atoms with Gasteiger partial charge in [0.25, 0.3) is 5.91 Å². The van der Waals surface area contributed by atoms with E-state index in [4.69, 9.17) is 4.98 Å². The van der Waals surface area contributed by atoms with Crippen molar-refractivity contribution >= 4 is 38.4 Å². The molecule has 4 heteroatoms. The second kappa shape index (κ2) is 8.41. The summed E-state index contributed by atoms with van der Waals surface area (Å²) < 4.78 is 1.01. The average Bonchev–Trinajstić information content (AvgIpc) is 2.74. The van der Waals surface area contributed by atoms with Gasteiger partial charge in [0.05, 0.1) is 16.8 Å². The molecule has 4 aromatic rings. The summed E-state index contributed by atoms with van der Waals surface area (Å²) in [6.07, 6.45) is 0.857. The molecule has 0 unspecified atom stereocenters. The van der Waals surface area contributed by atoms with Crippen LogP contribution in [0.15, 0.2) is 71.2 Å². The lowest BCUT2D eigenvalue weighted by Gasteiger charge is -2.14. The SMILES string of the molecule is CCc1ccccc1NC(=O)c1cc(-c2ccc(Br)cc2)nc2c(C)cc(C)cc12. The highest BCUT2D eigenvalue weighted by Gasteiger charge is 2.17. The molecule has 150 valence electrons. The summed E-state index contributed by atoms with van der Waals surface area (Å²) in [5.74, 6) is -0.119. The zero-order valence-electron chi connectivity index (χ0n) is 17.3. The molecule has 1 aromatic heterocycles. The first-order valence-corrected chi connectivity index (χ1v) is 10.8. The molecule has 0 atom stereocenters. The normalized spacial score (nSPS) is 10.9. The van der Waals surface area contributed by atoms with E-state index in [1.54, 1.807) is 0 Å². The van der Waals surface area contributed by atoms with Gasteiger partial charge in [-0.05, 0) is 61.7 Å². The first-order valence-electron chi connectivity index (χ1n) is 10.0. The van der Waals surface area contributed by atoms with Gasteiger partial charge in [-0.15, -0.1) is 0 Å². The molecule has 0 aliphatic heterocycles. The van der Waals surface area contributed by atoms with Crippen molar-refractivity contribution in [3.05, 3.63) is 93.5 Å². The fourth-order valence-electron chi connectivity index (χ4n) is 3.78. The number of benzene rings is 3. The topological polar surface area (TPSA) is 42.0 Å². The Morgan fingerprint density at radius 3 is 2.47 bits per heavy atom. The molecule has 0 saturated heterocycles. The highest BCUT2D eigenvalue weighted by molar-refractivity contribution is 9.10. The number of aromatic nitrogens is 1. The minimum atomic E-state index is -0.119. The molecule has 1 amide bonds. The maximum absolute atomic E-state index is 13.4. The molecule has 0 spiro atoms. The monoisotopic (exact) mass is 458 g/mol. The highest BCUT2D eigenvalue weighted by atomic mass is 79.9. The highest BCUT2D eigenvalue weighted by Crippen LogP contribution is 2.29. The second-order valence-electron chi connectivity index (χ2n) is 7.50. The summed E-state index contributed by atoms with van der Waals surface area (Å²) in [6.45, 7) is 6.18. The van der Waals surface area contributed by atoms with Crippen molar-refractivity contribution in [2.24, 2.45) is 0 Å². The lowest BCUT2D eigenvalue weighted by Crippen LogP contribution is -2.14. The van der Waals surface area contributed by atoms with Crippen LogP contribution in [-0.2, 0) is 6.42 Å². The van der Waals surface area contributed by atoms with Gasteiger partial charge in [-0.1, -0.05) is 64.8 Å². The maximum Gasteiger partial charge on any atom is 0.256 e. The quantitative estimate of drug-likeness (QED) is 0.354. The van der Waals surface area contributed by atoms with E-state index in [1.165, 1.54) is 0 Å². The molecule has 0 radical (unpaired) electrons. The molecular formula is C26H23BrN2O. The average molecular weight is 459 g/mol. The van der Waals surface area contributed by atoms with Gasteiger partial charge in [-0.3, -0.25) is 4.79 Å². The van der Waals surface area contributed by atoms with Crippen molar-refractivity contribution < 1.29 is 4.79 Å². The van der Waals surface area contributed by atoms with E-state index in [0.717, 1.165) is 55.4 Å². The Balaban J connectivity index is 1.88. The van der Waals surface area contributed by atoms with Crippen LogP contribution in [-0.4, -0.2) is 10.9 Å². The number of nitrogens with one attached hydrogen (secondary N) is 1. The molecule has 1 N–H and O–H groups in total. The van der Waals surface area contributed by atoms with Crippen molar-refractivity contribution in [3.63, 3.8) is 0 Å². The third-order valence-electron chi connectivity index (χ3n) is 5.28. The van der Waals surface area contributed by atoms with E-state index in [9.17, 15) is 4.79 Å². The Hall–Kier alpha value is -2.98. The molecule has 0 fully saturated rings. The van der Waals surface area contributed by atoms with Crippen molar-refractivity contribution in [2.45, 2.75) is 27.2 Å². The number of para-hydroxylation sites is 1. The third-order valence-corrected chi connectivity index (χ3v) is 5.81. The van der Waals surface area contributed by atoms with Gasteiger partial charge in [0, 0.05) is 21.1 Å². The molecular weight excluding hydrogens is 436 g/mol. The molecule has 0 saturated carbocycles. The summed E-state index contributed by atoms with van der Waals surface area (Å²) in [7, 11) is 0. The standard InChI is InChI=1S/C26H23BrN2O/c1-4-18-7-5-6-8-23(18)29-26(30)22-15-24(19-9-11-20(27)12-10-19)28-25-17(3)13-16(2)14-21(22)25/h5-15H,4H2,1-3H3,(H,29,30). The number of pyridine rings is 1. The van der Waals surface area contributed by atoms with Crippen LogP contribution in [0.3, 0.4) is 0 Å².